The molecule has 1 rings (SSSR count). The fourth-order valence-electron chi connectivity index (χ4n) is 1.59. The third-order valence-corrected chi connectivity index (χ3v) is 3.28. The number of hydrogen-bond donors (Lipinski definition) is 3. The Morgan fingerprint density at radius 3 is 2.48 bits per heavy atom. The first-order valence-electron chi connectivity index (χ1n) is 6.01. The first kappa shape index (κ1) is 17.1. The van der Waals surface area contributed by atoms with E-state index in [0.29, 0.717) is 0 Å². The smallest absolute Gasteiger partial charge is 0.326 e. The highest BCUT2D eigenvalue weighted by atomic mass is 79.9. The second-order valence-electron chi connectivity index (χ2n) is 4.28. The number of amides is 1. The number of carboxylic acid groups (broad SMARTS) is 2. The summed E-state index contributed by atoms with van der Waals surface area (Å²) in [4.78, 5) is 33.3. The average Bonchev–Trinajstić information content (AvgIpc) is 2.40. The van der Waals surface area contributed by atoms with E-state index in [0.717, 1.165) is 6.07 Å². The number of benzene rings is 1. The van der Waals surface area contributed by atoms with E-state index in [1.807, 2.05) is 0 Å². The minimum atomic E-state index is -1.25. The second kappa shape index (κ2) is 7.72. The van der Waals surface area contributed by atoms with Crippen molar-refractivity contribution in [2.75, 3.05) is 0 Å². The number of carbonyl (C=O) groups is 3. The molecule has 0 unspecified atom stereocenters. The predicted molar refractivity (Wildman–Crippen MR) is 74.5 cm³/mol. The normalized spacial score (nSPS) is 11.7. The zero-order valence-corrected chi connectivity index (χ0v) is 12.4. The van der Waals surface area contributed by atoms with Gasteiger partial charge in [0, 0.05) is 12.0 Å². The first-order valence-corrected chi connectivity index (χ1v) is 6.81. The Morgan fingerprint density at radius 1 is 1.29 bits per heavy atom. The Bertz CT molecular complexity index is 563. The summed E-state index contributed by atoms with van der Waals surface area (Å²) in [6, 6.07) is 2.35. The van der Waals surface area contributed by atoms with E-state index in [1.165, 1.54) is 12.1 Å². The molecule has 1 aromatic carbocycles. The van der Waals surface area contributed by atoms with Crippen LogP contribution in [0.4, 0.5) is 4.39 Å². The van der Waals surface area contributed by atoms with Crippen molar-refractivity contribution >= 4 is 33.8 Å². The summed E-state index contributed by atoms with van der Waals surface area (Å²) in [5.41, 5.74) is 0.104. The number of carboxylic acids is 2. The summed E-state index contributed by atoms with van der Waals surface area (Å²) in [5, 5.41) is 19.8. The molecule has 0 saturated carbocycles. The van der Waals surface area contributed by atoms with Crippen LogP contribution in [0, 0.1) is 5.82 Å². The van der Waals surface area contributed by atoms with Crippen molar-refractivity contribution in [2.24, 2.45) is 0 Å². The monoisotopic (exact) mass is 361 g/mol. The maximum absolute atomic E-state index is 13.1. The minimum absolute atomic E-state index is 0.00423. The van der Waals surface area contributed by atoms with Crippen LogP contribution < -0.4 is 5.32 Å². The van der Waals surface area contributed by atoms with E-state index < -0.39 is 29.7 Å². The lowest BCUT2D eigenvalue weighted by Crippen LogP contribution is -2.40. The lowest BCUT2D eigenvalue weighted by atomic mass is 10.1. The van der Waals surface area contributed by atoms with Gasteiger partial charge in [-0.1, -0.05) is 0 Å². The fourth-order valence-corrected chi connectivity index (χ4v) is 1.97. The Balaban J connectivity index is 2.69. The van der Waals surface area contributed by atoms with Crippen LogP contribution in [0.5, 0.6) is 0 Å². The highest BCUT2D eigenvalue weighted by molar-refractivity contribution is 9.10. The maximum Gasteiger partial charge on any atom is 0.326 e. The highest BCUT2D eigenvalue weighted by Crippen LogP contribution is 2.17. The van der Waals surface area contributed by atoms with Gasteiger partial charge in [0.25, 0.3) is 5.91 Å². The zero-order chi connectivity index (χ0) is 16.0. The van der Waals surface area contributed by atoms with E-state index in [4.69, 9.17) is 10.2 Å². The first-order chi connectivity index (χ1) is 9.81. The van der Waals surface area contributed by atoms with E-state index >= 15 is 0 Å². The van der Waals surface area contributed by atoms with Gasteiger partial charge < -0.3 is 15.5 Å². The molecule has 0 heterocycles. The third kappa shape index (κ3) is 5.50. The van der Waals surface area contributed by atoms with Gasteiger partial charge in [0.05, 0.1) is 4.47 Å². The molecule has 8 heteroatoms. The van der Waals surface area contributed by atoms with E-state index in [1.54, 1.807) is 0 Å². The van der Waals surface area contributed by atoms with Gasteiger partial charge in [-0.25, -0.2) is 9.18 Å². The molecule has 1 amide bonds. The molecule has 114 valence electrons. The number of halogens is 2. The number of nitrogens with one attached hydrogen (secondary N) is 1. The van der Waals surface area contributed by atoms with E-state index in [-0.39, 0.29) is 29.3 Å². The number of hydrogen-bond acceptors (Lipinski definition) is 3. The van der Waals surface area contributed by atoms with Crippen molar-refractivity contribution in [1.82, 2.24) is 5.32 Å². The van der Waals surface area contributed by atoms with Crippen LogP contribution in [-0.4, -0.2) is 34.1 Å². The van der Waals surface area contributed by atoms with E-state index in [2.05, 4.69) is 21.2 Å². The summed E-state index contributed by atoms with van der Waals surface area (Å²) in [6.45, 7) is 0. The molecule has 0 aliphatic heterocycles. The minimum Gasteiger partial charge on any atom is -0.481 e. The third-order valence-electron chi connectivity index (χ3n) is 2.67. The largest absolute Gasteiger partial charge is 0.481 e. The Hall–Kier alpha value is -1.96. The molecule has 0 bridgehead atoms. The molecular formula is C13H13BrFNO5. The molecule has 1 aromatic rings. The second-order valence-corrected chi connectivity index (χ2v) is 5.13. The molecule has 3 N–H and O–H groups in total. The van der Waals surface area contributed by atoms with Gasteiger partial charge in [0.1, 0.15) is 11.9 Å². The van der Waals surface area contributed by atoms with Crippen LogP contribution >= 0.6 is 15.9 Å². The van der Waals surface area contributed by atoms with Gasteiger partial charge in [-0.05, 0) is 47.0 Å². The number of aliphatic carboxylic acids is 2. The van der Waals surface area contributed by atoms with Crippen LogP contribution in [0.1, 0.15) is 29.6 Å². The molecule has 0 radical (unpaired) electrons. The maximum atomic E-state index is 13.1. The topological polar surface area (TPSA) is 104 Å². The lowest BCUT2D eigenvalue weighted by Gasteiger charge is -2.14. The number of carbonyl (C=O) groups excluding carboxylic acids is 1. The highest BCUT2D eigenvalue weighted by Gasteiger charge is 2.21. The van der Waals surface area contributed by atoms with Crippen LogP contribution in [0.25, 0.3) is 0 Å². The molecule has 21 heavy (non-hydrogen) atoms. The van der Waals surface area contributed by atoms with Crippen LogP contribution in [0.15, 0.2) is 22.7 Å². The van der Waals surface area contributed by atoms with Crippen molar-refractivity contribution in [2.45, 2.75) is 25.3 Å². The number of rotatable bonds is 7. The van der Waals surface area contributed by atoms with Gasteiger partial charge in [0.15, 0.2) is 0 Å². The molecule has 6 nitrogen and oxygen atoms in total. The van der Waals surface area contributed by atoms with Crippen LogP contribution in [0.2, 0.25) is 0 Å². The zero-order valence-electron chi connectivity index (χ0n) is 10.8. The molecule has 0 aliphatic carbocycles. The molecule has 0 spiro atoms. The van der Waals surface area contributed by atoms with Gasteiger partial charge in [-0.15, -0.1) is 0 Å². The molecular weight excluding hydrogens is 349 g/mol. The van der Waals surface area contributed by atoms with Crippen molar-refractivity contribution in [3.05, 3.63) is 34.1 Å². The van der Waals surface area contributed by atoms with Crippen molar-refractivity contribution < 1.29 is 29.0 Å². The fraction of sp³-hybridized carbons (Fsp3) is 0.308. The van der Waals surface area contributed by atoms with E-state index in [9.17, 15) is 18.8 Å². The Kier molecular flexibility index (Phi) is 6.29. The van der Waals surface area contributed by atoms with Crippen molar-refractivity contribution in [3.8, 4) is 0 Å². The summed E-state index contributed by atoms with van der Waals surface area (Å²) in [5.74, 6) is -3.50. The standard InChI is InChI=1S/C13H13BrFNO5/c14-8-6-7(4-5-9(8)15)12(19)16-10(13(20)21)2-1-3-11(17)18/h4-6,10H,1-3H2,(H,16,19)(H,17,18)(H,20,21)/t10-/m1/s1. The molecule has 0 fully saturated rings. The van der Waals surface area contributed by atoms with Crippen LogP contribution in [0.3, 0.4) is 0 Å². The van der Waals surface area contributed by atoms with Crippen molar-refractivity contribution in [1.29, 1.82) is 0 Å². The van der Waals surface area contributed by atoms with Gasteiger partial charge in [-0.2, -0.15) is 0 Å². The van der Waals surface area contributed by atoms with Crippen LogP contribution in [-0.2, 0) is 9.59 Å². The van der Waals surface area contributed by atoms with Gasteiger partial charge in [-0.3, -0.25) is 9.59 Å². The summed E-state index contributed by atoms with van der Waals surface area (Å²) < 4.78 is 13.2. The quantitative estimate of drug-likeness (QED) is 0.689. The lowest BCUT2D eigenvalue weighted by molar-refractivity contribution is -0.140. The summed E-state index contributed by atoms with van der Waals surface area (Å²) in [6.07, 6.45) is -0.0584. The Labute approximate surface area is 128 Å². The SMILES string of the molecule is O=C(O)CCC[C@@H](NC(=O)c1ccc(F)c(Br)c1)C(=O)O. The van der Waals surface area contributed by atoms with Gasteiger partial charge in [0.2, 0.25) is 0 Å². The molecule has 0 saturated heterocycles. The average molecular weight is 362 g/mol. The van der Waals surface area contributed by atoms with Crippen molar-refractivity contribution in [3.63, 3.8) is 0 Å². The summed E-state index contributed by atoms with van der Waals surface area (Å²) in [7, 11) is 0. The molecule has 0 aliphatic rings. The molecule has 1 atom stereocenters. The predicted octanol–water partition coefficient (Wildman–Crippen LogP) is 2.03. The Morgan fingerprint density at radius 2 is 1.95 bits per heavy atom. The van der Waals surface area contributed by atoms with Gasteiger partial charge >= 0.3 is 11.9 Å². The summed E-state index contributed by atoms with van der Waals surface area (Å²) >= 11 is 2.93. The molecule has 0 aromatic heterocycles.